The van der Waals surface area contributed by atoms with Crippen molar-refractivity contribution < 1.29 is 4.79 Å². The van der Waals surface area contributed by atoms with Gasteiger partial charge in [0.05, 0.1) is 0 Å². The van der Waals surface area contributed by atoms with Crippen molar-refractivity contribution in [2.24, 2.45) is 0 Å². The van der Waals surface area contributed by atoms with Gasteiger partial charge in [-0.25, -0.2) is 0 Å². The molecule has 18 heavy (non-hydrogen) atoms. The first-order chi connectivity index (χ1) is 8.56. The average molecular weight is 248 g/mol. The number of anilines is 1. The van der Waals surface area contributed by atoms with Crippen molar-refractivity contribution in [2.75, 3.05) is 5.32 Å². The Hall–Kier alpha value is -1.51. The van der Waals surface area contributed by atoms with Crippen molar-refractivity contribution in [2.45, 2.75) is 52.6 Å². The molecule has 3 heteroatoms. The topological polar surface area (TPSA) is 41.1 Å². The van der Waals surface area contributed by atoms with Crippen molar-refractivity contribution >= 4 is 11.6 Å². The zero-order chi connectivity index (χ0) is 13.5. The second-order valence-corrected chi connectivity index (χ2v) is 4.73. The molecule has 0 fully saturated rings. The van der Waals surface area contributed by atoms with Crippen LogP contribution in [-0.4, -0.2) is 18.0 Å². The van der Waals surface area contributed by atoms with Crippen LogP contribution in [0.5, 0.6) is 0 Å². The fraction of sp³-hybridized carbons (Fsp3) is 0.533. The molecule has 0 spiro atoms. The van der Waals surface area contributed by atoms with Gasteiger partial charge in [-0.1, -0.05) is 26.0 Å². The third-order valence-electron chi connectivity index (χ3n) is 3.14. The highest BCUT2D eigenvalue weighted by Crippen LogP contribution is 2.11. The lowest BCUT2D eigenvalue weighted by molar-refractivity contribution is -0.122. The largest absolute Gasteiger partial charge is 0.374 e. The SMILES string of the molecule is CCc1ccc(NC(C)C(=O)NC(C)CC)cc1. The maximum atomic E-state index is 11.9. The second kappa shape index (κ2) is 7.04. The molecule has 0 aliphatic heterocycles. The third-order valence-corrected chi connectivity index (χ3v) is 3.14. The van der Waals surface area contributed by atoms with Gasteiger partial charge in [-0.05, 0) is 44.4 Å². The maximum absolute atomic E-state index is 11.9. The van der Waals surface area contributed by atoms with Crippen LogP contribution in [0.2, 0.25) is 0 Å². The number of hydrogen-bond acceptors (Lipinski definition) is 2. The minimum Gasteiger partial charge on any atom is -0.374 e. The highest BCUT2D eigenvalue weighted by atomic mass is 16.2. The fourth-order valence-electron chi connectivity index (χ4n) is 1.62. The van der Waals surface area contributed by atoms with Gasteiger partial charge in [-0.15, -0.1) is 0 Å². The number of carbonyl (C=O) groups is 1. The number of benzene rings is 1. The summed E-state index contributed by atoms with van der Waals surface area (Å²) in [7, 11) is 0. The minimum absolute atomic E-state index is 0.0453. The molecule has 1 aromatic rings. The number of aryl methyl sites for hydroxylation is 1. The predicted octanol–water partition coefficient (Wildman–Crippen LogP) is 2.96. The van der Waals surface area contributed by atoms with Gasteiger partial charge >= 0.3 is 0 Å². The van der Waals surface area contributed by atoms with E-state index < -0.39 is 0 Å². The Bertz CT molecular complexity index is 373. The molecule has 3 nitrogen and oxygen atoms in total. The molecule has 0 aromatic heterocycles. The summed E-state index contributed by atoms with van der Waals surface area (Å²) in [4.78, 5) is 11.9. The van der Waals surface area contributed by atoms with E-state index >= 15 is 0 Å². The summed E-state index contributed by atoms with van der Waals surface area (Å²) in [6, 6.07) is 8.22. The van der Waals surface area contributed by atoms with E-state index in [1.54, 1.807) is 0 Å². The van der Waals surface area contributed by atoms with Gasteiger partial charge in [0.15, 0.2) is 0 Å². The summed E-state index contributed by atoms with van der Waals surface area (Å²) in [6.07, 6.45) is 1.98. The van der Waals surface area contributed by atoms with Gasteiger partial charge in [-0.2, -0.15) is 0 Å². The van der Waals surface area contributed by atoms with E-state index in [0.29, 0.717) is 0 Å². The van der Waals surface area contributed by atoms with Crippen LogP contribution < -0.4 is 10.6 Å². The van der Waals surface area contributed by atoms with Crippen LogP contribution in [0, 0.1) is 0 Å². The Morgan fingerprint density at radius 1 is 1.17 bits per heavy atom. The maximum Gasteiger partial charge on any atom is 0.242 e. The summed E-state index contributed by atoms with van der Waals surface area (Å²) in [5, 5.41) is 6.18. The van der Waals surface area contributed by atoms with Gasteiger partial charge < -0.3 is 10.6 Å². The fourth-order valence-corrected chi connectivity index (χ4v) is 1.62. The van der Waals surface area contributed by atoms with Gasteiger partial charge in [0.1, 0.15) is 6.04 Å². The molecule has 0 saturated heterocycles. The first kappa shape index (κ1) is 14.6. The molecule has 2 unspecified atom stereocenters. The monoisotopic (exact) mass is 248 g/mol. The van der Waals surface area contributed by atoms with Gasteiger partial charge in [0.25, 0.3) is 0 Å². The van der Waals surface area contributed by atoms with Crippen LogP contribution in [0.4, 0.5) is 5.69 Å². The lowest BCUT2D eigenvalue weighted by Gasteiger charge is -2.18. The van der Waals surface area contributed by atoms with Gasteiger partial charge in [-0.3, -0.25) is 4.79 Å². The molecule has 0 saturated carbocycles. The molecular formula is C15H24N2O. The molecule has 0 heterocycles. The van der Waals surface area contributed by atoms with Crippen molar-refractivity contribution in [3.63, 3.8) is 0 Å². The van der Waals surface area contributed by atoms with Crippen LogP contribution in [0.1, 0.15) is 39.7 Å². The van der Waals surface area contributed by atoms with Crippen LogP contribution in [0.3, 0.4) is 0 Å². The van der Waals surface area contributed by atoms with Crippen LogP contribution in [-0.2, 0) is 11.2 Å². The lowest BCUT2D eigenvalue weighted by atomic mass is 10.1. The van der Waals surface area contributed by atoms with E-state index in [4.69, 9.17) is 0 Å². The van der Waals surface area contributed by atoms with Crippen molar-refractivity contribution in [3.05, 3.63) is 29.8 Å². The third kappa shape index (κ3) is 4.40. The Morgan fingerprint density at radius 2 is 1.78 bits per heavy atom. The molecule has 0 aliphatic carbocycles. The van der Waals surface area contributed by atoms with E-state index in [0.717, 1.165) is 18.5 Å². The lowest BCUT2D eigenvalue weighted by Crippen LogP contribution is -2.41. The minimum atomic E-state index is -0.216. The molecule has 1 amide bonds. The molecule has 2 N–H and O–H groups in total. The Morgan fingerprint density at radius 3 is 2.28 bits per heavy atom. The number of carbonyl (C=O) groups excluding carboxylic acids is 1. The van der Waals surface area contributed by atoms with Gasteiger partial charge in [0.2, 0.25) is 5.91 Å². The molecule has 0 bridgehead atoms. The molecule has 1 rings (SSSR count). The summed E-state index contributed by atoms with van der Waals surface area (Å²) in [6.45, 7) is 8.09. The zero-order valence-corrected chi connectivity index (χ0v) is 11.8. The first-order valence-corrected chi connectivity index (χ1v) is 6.72. The predicted molar refractivity (Wildman–Crippen MR) is 76.8 cm³/mol. The van der Waals surface area contributed by atoms with Crippen molar-refractivity contribution in [1.29, 1.82) is 0 Å². The molecule has 2 atom stereocenters. The smallest absolute Gasteiger partial charge is 0.242 e. The number of amides is 1. The highest BCUT2D eigenvalue weighted by Gasteiger charge is 2.13. The quantitative estimate of drug-likeness (QED) is 0.812. The van der Waals surface area contributed by atoms with E-state index in [2.05, 4.69) is 36.6 Å². The Labute approximate surface area is 110 Å². The summed E-state index contributed by atoms with van der Waals surface area (Å²) < 4.78 is 0. The van der Waals surface area contributed by atoms with E-state index in [1.807, 2.05) is 26.0 Å². The van der Waals surface area contributed by atoms with Crippen LogP contribution in [0.25, 0.3) is 0 Å². The summed E-state index contributed by atoms with van der Waals surface area (Å²) in [5.41, 5.74) is 2.29. The first-order valence-electron chi connectivity index (χ1n) is 6.72. The molecule has 100 valence electrons. The zero-order valence-electron chi connectivity index (χ0n) is 11.8. The van der Waals surface area contributed by atoms with E-state index in [1.165, 1.54) is 5.56 Å². The van der Waals surface area contributed by atoms with E-state index in [-0.39, 0.29) is 18.0 Å². The Balaban J connectivity index is 2.52. The van der Waals surface area contributed by atoms with Crippen LogP contribution in [0.15, 0.2) is 24.3 Å². The van der Waals surface area contributed by atoms with Crippen molar-refractivity contribution in [3.8, 4) is 0 Å². The number of rotatable bonds is 6. The highest BCUT2D eigenvalue weighted by molar-refractivity contribution is 5.84. The van der Waals surface area contributed by atoms with Crippen LogP contribution >= 0.6 is 0 Å². The van der Waals surface area contributed by atoms with Crippen molar-refractivity contribution in [1.82, 2.24) is 5.32 Å². The van der Waals surface area contributed by atoms with E-state index in [9.17, 15) is 4.79 Å². The van der Waals surface area contributed by atoms with Gasteiger partial charge in [0, 0.05) is 11.7 Å². The molecule has 1 aromatic carbocycles. The standard InChI is InChI=1S/C15H24N2O/c1-5-11(3)16-15(18)12(4)17-14-9-7-13(6-2)8-10-14/h7-12,17H,5-6H2,1-4H3,(H,16,18). The normalized spacial score (nSPS) is 13.8. The summed E-state index contributed by atoms with van der Waals surface area (Å²) >= 11 is 0. The number of hydrogen-bond donors (Lipinski definition) is 2. The average Bonchev–Trinajstić information content (AvgIpc) is 2.39. The Kier molecular flexibility index (Phi) is 5.69. The number of nitrogens with one attached hydrogen (secondary N) is 2. The molecule has 0 aliphatic rings. The molecular weight excluding hydrogens is 224 g/mol. The second-order valence-electron chi connectivity index (χ2n) is 4.73. The summed E-state index contributed by atoms with van der Waals surface area (Å²) in [5.74, 6) is 0.0453. The molecule has 0 radical (unpaired) electrons.